The van der Waals surface area contributed by atoms with Gasteiger partial charge < -0.3 is 14.2 Å². The molecule has 0 N–H and O–H groups in total. The van der Waals surface area contributed by atoms with Crippen molar-refractivity contribution in [2.45, 2.75) is 110 Å². The number of hydrogen-bond acceptors (Lipinski definition) is 5. The lowest BCUT2D eigenvalue weighted by Crippen LogP contribution is -2.29. The van der Waals surface area contributed by atoms with Crippen molar-refractivity contribution in [2.75, 3.05) is 13.2 Å². The minimum absolute atomic E-state index is 0.0465. The number of ether oxygens (including phenoxy) is 3. The molecule has 0 bridgehead atoms. The molecule has 0 radical (unpaired) electrons. The highest BCUT2D eigenvalue weighted by Crippen LogP contribution is 2.10. The van der Waals surface area contributed by atoms with Crippen LogP contribution in [-0.4, -0.2) is 31.3 Å². The van der Waals surface area contributed by atoms with E-state index in [1.165, 1.54) is 32.1 Å². The van der Waals surface area contributed by atoms with Crippen molar-refractivity contribution in [1.82, 2.24) is 0 Å². The molecule has 0 saturated carbocycles. The number of carbonyl (C=O) groups is 2. The van der Waals surface area contributed by atoms with Crippen LogP contribution >= 0.6 is 0 Å². The molecule has 5 nitrogen and oxygen atoms in total. The molecule has 0 aliphatic carbocycles. The van der Waals surface area contributed by atoms with E-state index in [2.05, 4.69) is 13.8 Å². The molecule has 182 valence electrons. The molecule has 0 fully saturated rings. The molecule has 0 saturated heterocycles. The van der Waals surface area contributed by atoms with Crippen LogP contribution < -0.4 is 0 Å². The summed E-state index contributed by atoms with van der Waals surface area (Å²) in [6.07, 6.45) is 12.3. The standard InChI is InChI=1S/C27H44O5/c1-3-5-7-9-11-16-20-27(29)32-25(22-30-21-24-17-13-12-14-18-24)23-31-26(28)19-15-10-8-6-4-2/h12-14,17-18,25H,3-11,15-16,19-23H2,1-2H3/t25-/m0/s1. The highest BCUT2D eigenvalue weighted by atomic mass is 16.6. The van der Waals surface area contributed by atoms with Gasteiger partial charge in [0.15, 0.2) is 6.10 Å². The second-order valence-electron chi connectivity index (χ2n) is 8.48. The Morgan fingerprint density at radius 3 is 1.91 bits per heavy atom. The van der Waals surface area contributed by atoms with Crippen molar-refractivity contribution in [2.24, 2.45) is 0 Å². The number of esters is 2. The largest absolute Gasteiger partial charge is 0.462 e. The second-order valence-corrected chi connectivity index (χ2v) is 8.48. The summed E-state index contributed by atoms with van der Waals surface area (Å²) in [6.45, 7) is 5.04. The third-order valence-corrected chi connectivity index (χ3v) is 5.36. The van der Waals surface area contributed by atoms with Gasteiger partial charge >= 0.3 is 11.9 Å². The van der Waals surface area contributed by atoms with Gasteiger partial charge in [-0.3, -0.25) is 9.59 Å². The zero-order chi connectivity index (χ0) is 23.3. The lowest BCUT2D eigenvalue weighted by atomic mass is 10.1. The summed E-state index contributed by atoms with van der Waals surface area (Å²) in [5.41, 5.74) is 1.05. The topological polar surface area (TPSA) is 61.8 Å². The van der Waals surface area contributed by atoms with Gasteiger partial charge in [-0.1, -0.05) is 102 Å². The number of unbranched alkanes of at least 4 members (excludes halogenated alkanes) is 9. The lowest BCUT2D eigenvalue weighted by molar-refractivity contribution is -0.163. The van der Waals surface area contributed by atoms with E-state index in [9.17, 15) is 9.59 Å². The van der Waals surface area contributed by atoms with Crippen LogP contribution in [0.5, 0.6) is 0 Å². The molecule has 32 heavy (non-hydrogen) atoms. The number of rotatable bonds is 20. The Kier molecular flexibility index (Phi) is 17.4. The van der Waals surface area contributed by atoms with Crippen LogP contribution in [0.1, 0.15) is 103 Å². The van der Waals surface area contributed by atoms with Crippen molar-refractivity contribution in [3.05, 3.63) is 35.9 Å². The summed E-state index contributed by atoms with van der Waals surface area (Å²) in [5, 5.41) is 0. The maximum atomic E-state index is 12.3. The molecule has 1 atom stereocenters. The molecule has 0 aliphatic rings. The smallest absolute Gasteiger partial charge is 0.306 e. The molecular formula is C27H44O5. The van der Waals surface area contributed by atoms with Crippen LogP contribution in [0.25, 0.3) is 0 Å². The fourth-order valence-corrected chi connectivity index (χ4v) is 3.42. The summed E-state index contributed by atoms with van der Waals surface area (Å²) >= 11 is 0. The SMILES string of the molecule is CCCCCCCCC(=O)O[C@@H](COCc1ccccc1)COC(=O)CCCCCCC. The van der Waals surface area contributed by atoms with E-state index in [0.717, 1.165) is 44.1 Å². The molecule has 0 aromatic heterocycles. The van der Waals surface area contributed by atoms with Gasteiger partial charge in [0.1, 0.15) is 6.61 Å². The third kappa shape index (κ3) is 15.9. The highest BCUT2D eigenvalue weighted by Gasteiger charge is 2.17. The predicted octanol–water partition coefficient (Wildman–Crippen LogP) is 6.77. The Morgan fingerprint density at radius 1 is 0.719 bits per heavy atom. The predicted molar refractivity (Wildman–Crippen MR) is 128 cm³/mol. The highest BCUT2D eigenvalue weighted by molar-refractivity contribution is 5.70. The van der Waals surface area contributed by atoms with Gasteiger partial charge in [-0.05, 0) is 18.4 Å². The molecule has 0 unspecified atom stereocenters. The first-order chi connectivity index (χ1) is 15.7. The zero-order valence-corrected chi connectivity index (χ0v) is 20.3. The summed E-state index contributed by atoms with van der Waals surface area (Å²) in [5.74, 6) is -0.481. The van der Waals surface area contributed by atoms with Crippen LogP contribution in [0.3, 0.4) is 0 Å². The minimum atomic E-state index is -0.574. The quantitative estimate of drug-likeness (QED) is 0.163. The van der Waals surface area contributed by atoms with Gasteiger partial charge in [0, 0.05) is 12.8 Å². The van der Waals surface area contributed by atoms with Gasteiger partial charge in [-0.25, -0.2) is 0 Å². The van der Waals surface area contributed by atoms with Crippen molar-refractivity contribution in [3.8, 4) is 0 Å². The number of carbonyl (C=O) groups excluding carboxylic acids is 2. The van der Waals surface area contributed by atoms with E-state index in [1.807, 2.05) is 30.3 Å². The number of hydrogen-bond donors (Lipinski definition) is 0. The molecule has 1 rings (SSSR count). The van der Waals surface area contributed by atoms with Gasteiger partial charge in [-0.15, -0.1) is 0 Å². The maximum absolute atomic E-state index is 12.3. The molecular weight excluding hydrogens is 404 g/mol. The monoisotopic (exact) mass is 448 g/mol. The first-order valence-electron chi connectivity index (χ1n) is 12.6. The second kappa shape index (κ2) is 19.8. The van der Waals surface area contributed by atoms with Crippen molar-refractivity contribution in [3.63, 3.8) is 0 Å². The number of benzene rings is 1. The van der Waals surface area contributed by atoms with Crippen LogP contribution in [-0.2, 0) is 30.4 Å². The lowest BCUT2D eigenvalue weighted by Gasteiger charge is -2.18. The molecule has 0 amide bonds. The Bertz CT molecular complexity index is 587. The molecule has 0 heterocycles. The van der Waals surface area contributed by atoms with Crippen molar-refractivity contribution >= 4 is 11.9 Å². The third-order valence-electron chi connectivity index (χ3n) is 5.36. The molecule has 0 aliphatic heterocycles. The van der Waals surface area contributed by atoms with E-state index in [-0.39, 0.29) is 25.2 Å². The van der Waals surface area contributed by atoms with Gasteiger partial charge in [0.2, 0.25) is 0 Å². The van der Waals surface area contributed by atoms with Crippen LogP contribution in [0, 0.1) is 0 Å². The molecule has 0 spiro atoms. The van der Waals surface area contributed by atoms with Crippen LogP contribution in [0.15, 0.2) is 30.3 Å². The van der Waals surface area contributed by atoms with Crippen molar-refractivity contribution in [1.29, 1.82) is 0 Å². The van der Waals surface area contributed by atoms with E-state index in [4.69, 9.17) is 14.2 Å². The summed E-state index contributed by atoms with van der Waals surface area (Å²) in [6, 6.07) is 9.84. The molecule has 1 aromatic rings. The van der Waals surface area contributed by atoms with E-state index in [1.54, 1.807) is 0 Å². The van der Waals surface area contributed by atoms with Crippen molar-refractivity contribution < 1.29 is 23.8 Å². The normalized spacial score (nSPS) is 11.8. The zero-order valence-electron chi connectivity index (χ0n) is 20.3. The fourth-order valence-electron chi connectivity index (χ4n) is 3.42. The fraction of sp³-hybridized carbons (Fsp3) is 0.704. The molecule has 5 heteroatoms. The Morgan fingerprint density at radius 2 is 1.28 bits per heavy atom. The Hall–Kier alpha value is -1.88. The Balaban J connectivity index is 2.36. The van der Waals surface area contributed by atoms with Crippen LogP contribution in [0.2, 0.25) is 0 Å². The average molecular weight is 449 g/mol. The van der Waals surface area contributed by atoms with Gasteiger partial charge in [0.05, 0.1) is 13.2 Å². The summed E-state index contributed by atoms with van der Waals surface area (Å²) in [7, 11) is 0. The summed E-state index contributed by atoms with van der Waals surface area (Å²) in [4.78, 5) is 24.3. The van der Waals surface area contributed by atoms with Gasteiger partial charge in [-0.2, -0.15) is 0 Å². The molecule has 1 aromatic carbocycles. The van der Waals surface area contributed by atoms with Gasteiger partial charge in [0.25, 0.3) is 0 Å². The minimum Gasteiger partial charge on any atom is -0.462 e. The summed E-state index contributed by atoms with van der Waals surface area (Å²) < 4.78 is 16.7. The van der Waals surface area contributed by atoms with E-state index in [0.29, 0.717) is 19.4 Å². The van der Waals surface area contributed by atoms with E-state index < -0.39 is 6.10 Å². The average Bonchev–Trinajstić information content (AvgIpc) is 2.80. The van der Waals surface area contributed by atoms with E-state index >= 15 is 0 Å². The van der Waals surface area contributed by atoms with Crippen LogP contribution in [0.4, 0.5) is 0 Å². The first kappa shape index (κ1) is 28.2. The first-order valence-corrected chi connectivity index (χ1v) is 12.6. The maximum Gasteiger partial charge on any atom is 0.306 e. The Labute approximate surface area is 195 Å².